The first-order valence-corrected chi connectivity index (χ1v) is 8.91. The molecule has 2 aromatic carbocycles. The van der Waals surface area contributed by atoms with E-state index in [1.807, 2.05) is 53.4 Å². The summed E-state index contributed by atoms with van der Waals surface area (Å²) in [5, 5.41) is 3.84. The van der Waals surface area contributed by atoms with E-state index in [4.69, 9.17) is 11.6 Å². The van der Waals surface area contributed by atoms with E-state index < -0.39 is 0 Å². The number of anilines is 2. The van der Waals surface area contributed by atoms with E-state index in [-0.39, 0.29) is 5.91 Å². The van der Waals surface area contributed by atoms with Gasteiger partial charge in [0, 0.05) is 30.0 Å². The van der Waals surface area contributed by atoms with Crippen molar-refractivity contribution in [1.82, 2.24) is 9.88 Å². The van der Waals surface area contributed by atoms with Gasteiger partial charge < -0.3 is 10.2 Å². The fourth-order valence-electron chi connectivity index (χ4n) is 3.16. The van der Waals surface area contributed by atoms with Gasteiger partial charge in [-0.1, -0.05) is 41.9 Å². The number of nitrogens with zero attached hydrogens (tertiary/aromatic N) is 2. The minimum atomic E-state index is 0.0151. The van der Waals surface area contributed by atoms with Crippen molar-refractivity contribution >= 4 is 29.0 Å². The highest BCUT2D eigenvalue weighted by atomic mass is 35.5. The molecule has 0 atom stereocenters. The van der Waals surface area contributed by atoms with Crippen LogP contribution in [-0.2, 0) is 13.0 Å². The van der Waals surface area contributed by atoms with E-state index in [1.165, 1.54) is 11.1 Å². The van der Waals surface area contributed by atoms with E-state index >= 15 is 0 Å². The number of carbonyl (C=O) groups excluding carboxylic acids is 1. The molecule has 1 aliphatic rings. The average molecular weight is 364 g/mol. The zero-order valence-corrected chi connectivity index (χ0v) is 14.9. The van der Waals surface area contributed by atoms with Gasteiger partial charge in [0.25, 0.3) is 5.91 Å². The summed E-state index contributed by atoms with van der Waals surface area (Å²) in [4.78, 5) is 19.0. The number of fused-ring (bicyclic) bond motifs is 1. The molecule has 1 N–H and O–H groups in total. The molecule has 0 saturated heterocycles. The van der Waals surface area contributed by atoms with E-state index in [9.17, 15) is 4.79 Å². The second kappa shape index (κ2) is 7.18. The third kappa shape index (κ3) is 3.55. The molecule has 0 fully saturated rings. The van der Waals surface area contributed by atoms with E-state index in [1.54, 1.807) is 6.20 Å². The summed E-state index contributed by atoms with van der Waals surface area (Å²) >= 11 is 5.99. The Bertz CT molecular complexity index is 940. The number of rotatable bonds is 3. The topological polar surface area (TPSA) is 45.2 Å². The van der Waals surface area contributed by atoms with Crippen LogP contribution in [0.25, 0.3) is 0 Å². The lowest BCUT2D eigenvalue weighted by atomic mass is 9.99. The molecule has 0 unspecified atom stereocenters. The number of carbonyl (C=O) groups is 1. The van der Waals surface area contributed by atoms with Crippen LogP contribution in [0.15, 0.2) is 66.9 Å². The first kappa shape index (κ1) is 16.6. The Kier molecular flexibility index (Phi) is 4.59. The van der Waals surface area contributed by atoms with Crippen LogP contribution in [0, 0.1) is 0 Å². The van der Waals surface area contributed by atoms with Gasteiger partial charge in [-0.15, -0.1) is 0 Å². The average Bonchev–Trinajstić information content (AvgIpc) is 2.68. The minimum absolute atomic E-state index is 0.0151. The van der Waals surface area contributed by atoms with Crippen molar-refractivity contribution in [2.24, 2.45) is 0 Å². The quantitative estimate of drug-likeness (QED) is 0.735. The Hall–Kier alpha value is -2.85. The smallest absolute Gasteiger partial charge is 0.255 e. The number of benzene rings is 2. The lowest BCUT2D eigenvalue weighted by Crippen LogP contribution is -2.35. The highest BCUT2D eigenvalue weighted by Crippen LogP contribution is 2.22. The molecule has 0 aliphatic carbocycles. The van der Waals surface area contributed by atoms with E-state index in [2.05, 4.69) is 22.4 Å². The molecule has 1 aromatic heterocycles. The summed E-state index contributed by atoms with van der Waals surface area (Å²) in [6.07, 6.45) is 2.51. The molecule has 4 rings (SSSR count). The summed E-state index contributed by atoms with van der Waals surface area (Å²) in [5.41, 5.74) is 4.01. The summed E-state index contributed by atoms with van der Waals surface area (Å²) in [6, 6.07) is 19.3. The Labute approximate surface area is 157 Å². The Morgan fingerprint density at radius 2 is 1.88 bits per heavy atom. The Morgan fingerprint density at radius 1 is 1.04 bits per heavy atom. The van der Waals surface area contributed by atoms with Crippen molar-refractivity contribution in [2.75, 3.05) is 11.9 Å². The first-order valence-electron chi connectivity index (χ1n) is 8.54. The third-order valence-electron chi connectivity index (χ3n) is 4.53. The standard InChI is InChI=1S/C21H18ClN3O/c22-18-6-3-7-19(12-18)24-20-9-8-16(13-23-20)21(26)25-11-10-15-4-1-2-5-17(15)14-25/h1-9,12-13H,10-11,14H2,(H,23,24). The molecule has 0 radical (unpaired) electrons. The normalized spacial score (nSPS) is 13.2. The first-order chi connectivity index (χ1) is 12.7. The SMILES string of the molecule is O=C(c1ccc(Nc2cccc(Cl)c2)nc1)N1CCc2ccccc2C1. The van der Waals surface area contributed by atoms with Crippen LogP contribution < -0.4 is 5.32 Å². The van der Waals surface area contributed by atoms with Crippen molar-refractivity contribution in [2.45, 2.75) is 13.0 Å². The zero-order chi connectivity index (χ0) is 17.9. The molecule has 130 valence electrons. The molecule has 5 heteroatoms. The van der Waals surface area contributed by atoms with Gasteiger partial charge in [0.15, 0.2) is 0 Å². The van der Waals surface area contributed by atoms with Gasteiger partial charge in [-0.2, -0.15) is 0 Å². The molecular weight excluding hydrogens is 346 g/mol. The lowest BCUT2D eigenvalue weighted by Gasteiger charge is -2.28. The lowest BCUT2D eigenvalue weighted by molar-refractivity contribution is 0.0734. The second-order valence-electron chi connectivity index (χ2n) is 6.31. The number of hydrogen-bond acceptors (Lipinski definition) is 3. The van der Waals surface area contributed by atoms with Crippen molar-refractivity contribution in [1.29, 1.82) is 0 Å². The van der Waals surface area contributed by atoms with E-state index in [0.717, 1.165) is 18.7 Å². The number of amides is 1. The Morgan fingerprint density at radius 3 is 2.65 bits per heavy atom. The van der Waals surface area contributed by atoms with Crippen LogP contribution in [0.4, 0.5) is 11.5 Å². The van der Waals surface area contributed by atoms with Gasteiger partial charge in [0.2, 0.25) is 0 Å². The summed E-state index contributed by atoms with van der Waals surface area (Å²) in [6.45, 7) is 1.38. The molecule has 3 aromatic rings. The van der Waals surface area contributed by atoms with Gasteiger partial charge in [-0.05, 0) is 47.9 Å². The van der Waals surface area contributed by atoms with Crippen molar-refractivity contribution < 1.29 is 4.79 Å². The Balaban J connectivity index is 1.46. The number of pyridine rings is 1. The number of halogens is 1. The fraction of sp³-hybridized carbons (Fsp3) is 0.143. The van der Waals surface area contributed by atoms with Crippen LogP contribution in [0.1, 0.15) is 21.5 Å². The van der Waals surface area contributed by atoms with Crippen LogP contribution in [0.3, 0.4) is 0 Å². The number of nitrogens with one attached hydrogen (secondary N) is 1. The molecule has 2 heterocycles. The molecule has 1 aliphatic heterocycles. The fourth-order valence-corrected chi connectivity index (χ4v) is 3.35. The molecule has 4 nitrogen and oxygen atoms in total. The highest BCUT2D eigenvalue weighted by Gasteiger charge is 2.21. The monoisotopic (exact) mass is 363 g/mol. The number of aromatic nitrogens is 1. The maximum atomic E-state index is 12.8. The maximum Gasteiger partial charge on any atom is 0.255 e. The minimum Gasteiger partial charge on any atom is -0.340 e. The van der Waals surface area contributed by atoms with Gasteiger partial charge in [-0.3, -0.25) is 4.79 Å². The van der Waals surface area contributed by atoms with Crippen LogP contribution in [0.5, 0.6) is 0 Å². The van der Waals surface area contributed by atoms with Crippen LogP contribution in [-0.4, -0.2) is 22.3 Å². The van der Waals surface area contributed by atoms with Crippen LogP contribution >= 0.6 is 11.6 Å². The van der Waals surface area contributed by atoms with Crippen molar-refractivity contribution in [3.8, 4) is 0 Å². The summed E-state index contributed by atoms with van der Waals surface area (Å²) in [5.74, 6) is 0.689. The van der Waals surface area contributed by atoms with Crippen LogP contribution in [0.2, 0.25) is 5.02 Å². The van der Waals surface area contributed by atoms with Crippen molar-refractivity contribution in [3.63, 3.8) is 0 Å². The number of hydrogen-bond donors (Lipinski definition) is 1. The molecular formula is C21H18ClN3O. The highest BCUT2D eigenvalue weighted by molar-refractivity contribution is 6.30. The molecule has 0 saturated carbocycles. The molecule has 0 spiro atoms. The van der Waals surface area contributed by atoms with Gasteiger partial charge in [0.1, 0.15) is 5.82 Å². The summed E-state index contributed by atoms with van der Waals surface area (Å²) < 4.78 is 0. The largest absolute Gasteiger partial charge is 0.340 e. The predicted molar refractivity (Wildman–Crippen MR) is 104 cm³/mol. The molecule has 0 bridgehead atoms. The van der Waals surface area contributed by atoms with Crippen molar-refractivity contribution in [3.05, 3.63) is 88.6 Å². The predicted octanol–water partition coefficient (Wildman–Crippen LogP) is 4.68. The summed E-state index contributed by atoms with van der Waals surface area (Å²) in [7, 11) is 0. The molecule has 26 heavy (non-hydrogen) atoms. The zero-order valence-electron chi connectivity index (χ0n) is 14.2. The van der Waals surface area contributed by atoms with E-state index in [0.29, 0.717) is 22.9 Å². The third-order valence-corrected chi connectivity index (χ3v) is 4.76. The maximum absolute atomic E-state index is 12.8. The second-order valence-corrected chi connectivity index (χ2v) is 6.75. The van der Waals surface area contributed by atoms with Gasteiger partial charge in [-0.25, -0.2) is 4.98 Å². The van der Waals surface area contributed by atoms with Gasteiger partial charge >= 0.3 is 0 Å². The van der Waals surface area contributed by atoms with Gasteiger partial charge in [0.05, 0.1) is 5.56 Å². The molecule has 1 amide bonds.